The molecule has 0 saturated heterocycles. The van der Waals surface area contributed by atoms with E-state index in [1.165, 1.54) is 14.8 Å². The van der Waals surface area contributed by atoms with Gasteiger partial charge in [-0.2, -0.15) is 5.10 Å². The number of hydrogen-bond acceptors (Lipinski definition) is 6. The summed E-state index contributed by atoms with van der Waals surface area (Å²) >= 11 is 6.37. The van der Waals surface area contributed by atoms with E-state index >= 15 is 0 Å². The second-order valence-electron chi connectivity index (χ2n) is 7.47. The Morgan fingerprint density at radius 1 is 1.18 bits per heavy atom. The number of nitrogens with zero attached hydrogens (tertiary/aromatic N) is 7. The second-order valence-corrected chi connectivity index (χ2v) is 8.40. The second kappa shape index (κ2) is 8.53. The molecule has 0 spiro atoms. The first-order valence-corrected chi connectivity index (χ1v) is 11.3. The highest BCUT2D eigenvalue weighted by Gasteiger charge is 2.21. The summed E-state index contributed by atoms with van der Waals surface area (Å²) in [6.45, 7) is 4.74. The average molecular weight is 484 g/mol. The molecule has 0 radical (unpaired) electrons. The minimum absolute atomic E-state index is 0.0908. The van der Waals surface area contributed by atoms with Crippen molar-refractivity contribution in [3.63, 3.8) is 0 Å². The number of aryl methyl sites for hydroxylation is 1. The zero-order chi connectivity index (χ0) is 23.1. The van der Waals surface area contributed by atoms with E-state index in [2.05, 4.69) is 9.97 Å². The molecular weight excluding hydrogens is 465 g/mol. The lowest BCUT2D eigenvalue weighted by molar-refractivity contribution is 0.685. The fraction of sp³-hybridized carbons (Fsp3) is 0.182. The molecule has 0 amide bonds. The lowest BCUT2D eigenvalue weighted by atomic mass is 10.2. The van der Waals surface area contributed by atoms with E-state index < -0.39 is 0 Å². The van der Waals surface area contributed by atoms with Crippen LogP contribution in [0.3, 0.4) is 0 Å². The minimum Gasteiger partial charge on any atom is -0.349 e. The molecule has 1 aromatic carbocycles. The Morgan fingerprint density at radius 3 is 2.70 bits per heavy atom. The first kappa shape index (κ1) is 21.5. The van der Waals surface area contributed by atoms with Crippen molar-refractivity contribution >= 4 is 46.3 Å². The predicted molar refractivity (Wildman–Crippen MR) is 129 cm³/mol. The van der Waals surface area contributed by atoms with Gasteiger partial charge in [0, 0.05) is 18.9 Å². The molecular formula is C22H19ClFN7OS. The molecule has 4 aromatic heterocycles. The highest BCUT2D eigenvalue weighted by Crippen LogP contribution is 2.31. The standard InChI is InChI=1S/C22H19ClFN7OS/c1-3-28(20-18-14(2)11-30(33-24)21(18)26-13-25-20)12-17-27-29-10-9-16(23)19(29)22(32)31(17)15-7-5-4-6-8-15/h4-11,13H,3,12H2,1-2H3. The summed E-state index contributed by atoms with van der Waals surface area (Å²) in [5, 5.41) is 5.81. The molecule has 8 nitrogen and oxygen atoms in total. The zero-order valence-electron chi connectivity index (χ0n) is 17.8. The Kier molecular flexibility index (Phi) is 5.55. The number of aromatic nitrogens is 6. The average Bonchev–Trinajstić information content (AvgIpc) is 3.37. The van der Waals surface area contributed by atoms with Gasteiger partial charge in [-0.25, -0.2) is 18.5 Å². The third kappa shape index (κ3) is 3.55. The molecule has 0 aliphatic rings. The minimum atomic E-state index is -0.263. The van der Waals surface area contributed by atoms with Crippen LogP contribution in [0.5, 0.6) is 0 Å². The molecule has 33 heavy (non-hydrogen) atoms. The van der Waals surface area contributed by atoms with Crippen molar-refractivity contribution in [2.75, 3.05) is 11.4 Å². The molecule has 168 valence electrons. The Bertz CT molecular complexity index is 1530. The summed E-state index contributed by atoms with van der Waals surface area (Å²) in [5.41, 5.74) is 2.07. The first-order chi connectivity index (χ1) is 16.0. The third-order valence-electron chi connectivity index (χ3n) is 5.53. The quantitative estimate of drug-likeness (QED) is 0.351. The summed E-state index contributed by atoms with van der Waals surface area (Å²) < 4.78 is 17.9. The number of halogens is 2. The van der Waals surface area contributed by atoms with Crippen LogP contribution in [-0.4, -0.2) is 34.7 Å². The lowest BCUT2D eigenvalue weighted by Crippen LogP contribution is -2.32. The number of benzene rings is 1. The summed E-state index contributed by atoms with van der Waals surface area (Å²) in [4.78, 5) is 24.2. The fourth-order valence-electron chi connectivity index (χ4n) is 4.01. The SMILES string of the molecule is CCN(Cc1nn2ccc(Cl)c2c(=O)n1-c1ccccc1)c1ncnc2c1c(C)cn2SF. The van der Waals surface area contributed by atoms with Crippen LogP contribution < -0.4 is 10.5 Å². The van der Waals surface area contributed by atoms with Crippen LogP contribution in [-0.2, 0) is 6.54 Å². The Morgan fingerprint density at radius 2 is 1.97 bits per heavy atom. The Balaban J connectivity index is 1.70. The smallest absolute Gasteiger partial charge is 0.284 e. The summed E-state index contributed by atoms with van der Waals surface area (Å²) in [7, 11) is 0. The molecule has 0 N–H and O–H groups in total. The Hall–Kier alpha value is -3.37. The largest absolute Gasteiger partial charge is 0.349 e. The topological polar surface area (TPSA) is 73.2 Å². The summed E-state index contributed by atoms with van der Waals surface area (Å²) in [6, 6.07) is 11.0. The van der Waals surface area contributed by atoms with E-state index in [-0.39, 0.29) is 24.4 Å². The molecule has 0 unspecified atom stereocenters. The van der Waals surface area contributed by atoms with Crippen LogP contribution >= 0.6 is 23.9 Å². The van der Waals surface area contributed by atoms with E-state index in [0.29, 0.717) is 40.1 Å². The summed E-state index contributed by atoms with van der Waals surface area (Å²) in [5.74, 6) is 1.16. The van der Waals surface area contributed by atoms with Gasteiger partial charge in [-0.05, 0) is 37.6 Å². The van der Waals surface area contributed by atoms with Gasteiger partial charge in [0.2, 0.25) is 0 Å². The monoisotopic (exact) mass is 483 g/mol. The van der Waals surface area contributed by atoms with Gasteiger partial charge in [0.15, 0.2) is 23.8 Å². The molecule has 11 heteroatoms. The highest BCUT2D eigenvalue weighted by atomic mass is 35.5. The third-order valence-corrected chi connectivity index (χ3v) is 6.26. The van der Waals surface area contributed by atoms with Crippen molar-refractivity contribution in [2.24, 2.45) is 0 Å². The van der Waals surface area contributed by atoms with Gasteiger partial charge < -0.3 is 4.90 Å². The number of para-hydroxylation sites is 1. The molecule has 0 saturated carbocycles. The fourth-order valence-corrected chi connectivity index (χ4v) is 4.63. The van der Waals surface area contributed by atoms with E-state index in [1.54, 1.807) is 23.0 Å². The normalized spacial score (nSPS) is 11.5. The number of anilines is 1. The maximum atomic E-state index is 13.5. The predicted octanol–water partition coefficient (Wildman–Crippen LogP) is 4.60. The van der Waals surface area contributed by atoms with Crippen molar-refractivity contribution in [1.82, 2.24) is 28.1 Å². The summed E-state index contributed by atoms with van der Waals surface area (Å²) in [6.07, 6.45) is 4.77. The molecule has 5 aromatic rings. The number of fused-ring (bicyclic) bond motifs is 2. The van der Waals surface area contributed by atoms with Crippen LogP contribution in [0.15, 0.2) is 59.9 Å². The molecule has 0 aliphatic carbocycles. The maximum absolute atomic E-state index is 13.5. The van der Waals surface area contributed by atoms with Crippen molar-refractivity contribution in [3.05, 3.63) is 81.9 Å². The van der Waals surface area contributed by atoms with Gasteiger partial charge in [-0.15, -0.1) is 3.89 Å². The van der Waals surface area contributed by atoms with E-state index in [1.807, 2.05) is 49.1 Å². The van der Waals surface area contributed by atoms with Crippen molar-refractivity contribution in [1.29, 1.82) is 0 Å². The highest BCUT2D eigenvalue weighted by molar-refractivity contribution is 7.92. The van der Waals surface area contributed by atoms with Gasteiger partial charge in [0.25, 0.3) is 5.56 Å². The molecule has 5 rings (SSSR count). The first-order valence-electron chi connectivity index (χ1n) is 10.2. The van der Waals surface area contributed by atoms with E-state index in [4.69, 9.17) is 16.7 Å². The van der Waals surface area contributed by atoms with E-state index in [9.17, 15) is 8.68 Å². The lowest BCUT2D eigenvalue weighted by Gasteiger charge is -2.24. The van der Waals surface area contributed by atoms with Gasteiger partial charge in [-0.1, -0.05) is 29.8 Å². The zero-order valence-corrected chi connectivity index (χ0v) is 19.4. The molecule has 4 heterocycles. The van der Waals surface area contributed by atoms with Gasteiger partial charge >= 0.3 is 0 Å². The van der Waals surface area contributed by atoms with Crippen molar-refractivity contribution in [3.8, 4) is 5.69 Å². The van der Waals surface area contributed by atoms with Crippen molar-refractivity contribution in [2.45, 2.75) is 20.4 Å². The molecule has 0 aliphatic heterocycles. The van der Waals surface area contributed by atoms with Crippen LogP contribution in [0.25, 0.3) is 22.2 Å². The van der Waals surface area contributed by atoms with Gasteiger partial charge in [0.05, 0.1) is 22.6 Å². The maximum Gasteiger partial charge on any atom is 0.284 e. The molecule has 0 atom stereocenters. The number of hydrogen-bond donors (Lipinski definition) is 0. The van der Waals surface area contributed by atoms with Crippen molar-refractivity contribution < 1.29 is 3.89 Å². The van der Waals surface area contributed by atoms with Gasteiger partial charge in [-0.3, -0.25) is 9.36 Å². The van der Waals surface area contributed by atoms with Crippen LogP contribution in [0, 0.1) is 6.92 Å². The number of rotatable bonds is 6. The molecule has 0 fully saturated rings. The van der Waals surface area contributed by atoms with Crippen LogP contribution in [0.1, 0.15) is 18.3 Å². The van der Waals surface area contributed by atoms with Gasteiger partial charge in [0.1, 0.15) is 17.7 Å². The Labute approximate surface area is 197 Å². The van der Waals surface area contributed by atoms with Crippen LogP contribution in [0.4, 0.5) is 9.70 Å². The van der Waals surface area contributed by atoms with Crippen LogP contribution in [0.2, 0.25) is 5.02 Å². The molecule has 0 bridgehead atoms. The van der Waals surface area contributed by atoms with E-state index in [0.717, 1.165) is 10.9 Å².